The fourth-order valence-corrected chi connectivity index (χ4v) is 3.92. The molecule has 0 spiro atoms. The lowest BCUT2D eigenvalue weighted by Crippen LogP contribution is -2.45. The zero-order valence-corrected chi connectivity index (χ0v) is 17.1. The van der Waals surface area contributed by atoms with Gasteiger partial charge in [-0.2, -0.15) is 0 Å². The van der Waals surface area contributed by atoms with E-state index in [1.54, 1.807) is 31.4 Å². The van der Waals surface area contributed by atoms with E-state index >= 15 is 0 Å². The minimum absolute atomic E-state index is 0.145. The Kier molecular flexibility index (Phi) is 5.29. The molecule has 3 nitrogen and oxygen atoms in total. The summed E-state index contributed by atoms with van der Waals surface area (Å²) >= 11 is 6.13. The predicted octanol–water partition coefficient (Wildman–Crippen LogP) is 6.26. The Morgan fingerprint density at radius 1 is 1.26 bits per heavy atom. The lowest BCUT2D eigenvalue weighted by atomic mass is 9.88. The first kappa shape index (κ1) is 19.4. The molecule has 0 aromatic heterocycles. The van der Waals surface area contributed by atoms with E-state index in [4.69, 9.17) is 16.3 Å². The maximum atomic E-state index is 14.8. The monoisotopic (exact) mass is 386 g/mol. The Bertz CT molecular complexity index is 934. The number of allylic oxidation sites excluding steroid dienone is 1. The molecule has 27 heavy (non-hydrogen) atoms. The number of halogens is 2. The minimum atomic E-state index is -0.291. The van der Waals surface area contributed by atoms with Crippen LogP contribution >= 0.6 is 11.6 Å². The summed E-state index contributed by atoms with van der Waals surface area (Å²) in [5, 5.41) is 0.470. The smallest absolute Gasteiger partial charge is 0.137 e. The molecule has 0 unspecified atom stereocenters. The summed E-state index contributed by atoms with van der Waals surface area (Å²) in [5.74, 6) is 0.291. The Balaban J connectivity index is 1.99. The molecule has 0 aliphatic carbocycles. The standard InChI is InChI=1S/C22H24ClFN2O/c1-6-26-20-11-19(24)15(9-17(20)14(2)12-22(26,3)4)13-25-16-7-8-21(27-5)18(23)10-16/h7-13H,6H2,1-5H3. The third-order valence-corrected chi connectivity index (χ3v) is 5.20. The van der Waals surface area contributed by atoms with Crippen LogP contribution in [-0.4, -0.2) is 25.4 Å². The van der Waals surface area contributed by atoms with Gasteiger partial charge < -0.3 is 9.64 Å². The lowest BCUT2D eigenvalue weighted by Gasteiger charge is -2.42. The molecule has 0 bridgehead atoms. The van der Waals surface area contributed by atoms with Crippen molar-refractivity contribution in [1.29, 1.82) is 0 Å². The number of rotatable bonds is 4. The lowest BCUT2D eigenvalue weighted by molar-refractivity contribution is 0.415. The summed E-state index contributed by atoms with van der Waals surface area (Å²) in [6, 6.07) is 8.69. The molecule has 0 saturated carbocycles. The number of likely N-dealkylation sites (N-methyl/N-ethyl adjacent to an activating group) is 1. The molecule has 0 N–H and O–H groups in total. The highest BCUT2D eigenvalue weighted by molar-refractivity contribution is 6.32. The summed E-state index contributed by atoms with van der Waals surface area (Å²) in [7, 11) is 1.56. The van der Waals surface area contributed by atoms with Gasteiger partial charge in [0, 0.05) is 29.6 Å². The molecule has 0 atom stereocenters. The van der Waals surface area contributed by atoms with Crippen LogP contribution in [0, 0.1) is 5.82 Å². The van der Waals surface area contributed by atoms with E-state index in [-0.39, 0.29) is 11.4 Å². The van der Waals surface area contributed by atoms with Crippen molar-refractivity contribution in [2.75, 3.05) is 18.6 Å². The highest BCUT2D eigenvalue weighted by Gasteiger charge is 2.30. The number of fused-ring (bicyclic) bond motifs is 1. The molecule has 0 radical (unpaired) electrons. The largest absolute Gasteiger partial charge is 0.495 e. The zero-order chi connectivity index (χ0) is 19.8. The first-order valence-electron chi connectivity index (χ1n) is 8.95. The maximum absolute atomic E-state index is 14.8. The number of methoxy groups -OCH3 is 1. The molecule has 1 aliphatic heterocycles. The van der Waals surface area contributed by atoms with Gasteiger partial charge in [-0.1, -0.05) is 17.7 Å². The van der Waals surface area contributed by atoms with E-state index < -0.39 is 0 Å². The Labute approximate surface area is 165 Å². The van der Waals surface area contributed by atoms with E-state index in [9.17, 15) is 4.39 Å². The second kappa shape index (κ2) is 7.35. The van der Waals surface area contributed by atoms with Crippen LogP contribution < -0.4 is 9.64 Å². The first-order valence-corrected chi connectivity index (χ1v) is 9.33. The van der Waals surface area contributed by atoms with Gasteiger partial charge in [0.15, 0.2) is 0 Å². The molecule has 0 amide bonds. The van der Waals surface area contributed by atoms with E-state index in [2.05, 4.69) is 43.7 Å². The number of anilines is 1. The Hall–Kier alpha value is -2.33. The number of hydrogen-bond donors (Lipinski definition) is 0. The predicted molar refractivity (Wildman–Crippen MR) is 112 cm³/mol. The van der Waals surface area contributed by atoms with Crippen LogP contribution in [0.15, 0.2) is 41.4 Å². The summed E-state index contributed by atoms with van der Waals surface area (Å²) in [4.78, 5) is 6.59. The van der Waals surface area contributed by atoms with E-state index in [0.29, 0.717) is 22.0 Å². The minimum Gasteiger partial charge on any atom is -0.495 e. The molecule has 142 valence electrons. The van der Waals surface area contributed by atoms with Gasteiger partial charge in [0.1, 0.15) is 11.6 Å². The van der Waals surface area contributed by atoms with Crippen LogP contribution in [0.1, 0.15) is 38.8 Å². The van der Waals surface area contributed by atoms with Crippen LogP contribution in [0.2, 0.25) is 5.02 Å². The van der Waals surface area contributed by atoms with Crippen molar-refractivity contribution in [2.45, 2.75) is 33.2 Å². The van der Waals surface area contributed by atoms with Crippen molar-refractivity contribution in [3.05, 3.63) is 58.4 Å². The fourth-order valence-electron chi connectivity index (χ4n) is 3.67. The van der Waals surface area contributed by atoms with Gasteiger partial charge in [0.2, 0.25) is 0 Å². The van der Waals surface area contributed by atoms with Gasteiger partial charge in [-0.3, -0.25) is 4.99 Å². The average molecular weight is 387 g/mol. The number of hydrogen-bond acceptors (Lipinski definition) is 3. The van der Waals surface area contributed by atoms with Gasteiger partial charge in [-0.15, -0.1) is 0 Å². The van der Waals surface area contributed by atoms with Crippen LogP contribution in [0.4, 0.5) is 15.8 Å². The second-order valence-electron chi connectivity index (χ2n) is 7.19. The third-order valence-electron chi connectivity index (χ3n) is 4.90. The van der Waals surface area contributed by atoms with Crippen molar-refractivity contribution < 1.29 is 9.13 Å². The van der Waals surface area contributed by atoms with Crippen LogP contribution in [0.25, 0.3) is 5.57 Å². The van der Waals surface area contributed by atoms with Crippen molar-refractivity contribution in [3.8, 4) is 5.75 Å². The van der Waals surface area contributed by atoms with Crippen molar-refractivity contribution in [1.82, 2.24) is 0 Å². The number of ether oxygens (including phenoxy) is 1. The molecule has 0 saturated heterocycles. The van der Waals surface area contributed by atoms with Gasteiger partial charge in [-0.05, 0) is 63.6 Å². The molecular formula is C22H24ClFN2O. The van der Waals surface area contributed by atoms with E-state index in [1.807, 2.05) is 6.07 Å². The Morgan fingerprint density at radius 2 is 2.00 bits per heavy atom. The highest BCUT2D eigenvalue weighted by Crippen LogP contribution is 2.39. The van der Waals surface area contributed by atoms with Gasteiger partial charge >= 0.3 is 0 Å². The molecule has 0 fully saturated rings. The molecule has 2 aromatic carbocycles. The number of aliphatic imine (C=N–C) groups is 1. The number of nitrogens with zero attached hydrogens (tertiary/aromatic N) is 2. The Morgan fingerprint density at radius 3 is 2.63 bits per heavy atom. The molecule has 1 heterocycles. The van der Waals surface area contributed by atoms with Gasteiger partial charge in [-0.25, -0.2) is 4.39 Å². The quantitative estimate of drug-likeness (QED) is 0.579. The molecule has 1 aliphatic rings. The SMILES string of the molecule is CCN1c2cc(F)c(C=Nc3ccc(OC)c(Cl)c3)cc2C(C)=CC1(C)C. The molecule has 3 rings (SSSR count). The van der Waals surface area contributed by atoms with Gasteiger partial charge in [0.25, 0.3) is 0 Å². The highest BCUT2D eigenvalue weighted by atomic mass is 35.5. The molecular weight excluding hydrogens is 363 g/mol. The van der Waals surface area contributed by atoms with Crippen LogP contribution in [-0.2, 0) is 0 Å². The normalized spacial score (nSPS) is 15.7. The maximum Gasteiger partial charge on any atom is 0.137 e. The second-order valence-corrected chi connectivity index (χ2v) is 7.60. The molecule has 2 aromatic rings. The topological polar surface area (TPSA) is 24.8 Å². The fraction of sp³-hybridized carbons (Fsp3) is 0.318. The summed E-state index contributed by atoms with van der Waals surface area (Å²) < 4.78 is 19.9. The third kappa shape index (κ3) is 3.72. The summed E-state index contributed by atoms with van der Waals surface area (Å²) in [6.45, 7) is 9.24. The van der Waals surface area contributed by atoms with Crippen molar-refractivity contribution >= 4 is 34.8 Å². The van der Waals surface area contributed by atoms with Crippen molar-refractivity contribution in [2.24, 2.45) is 4.99 Å². The van der Waals surface area contributed by atoms with Crippen LogP contribution in [0.5, 0.6) is 5.75 Å². The van der Waals surface area contributed by atoms with E-state index in [0.717, 1.165) is 23.4 Å². The van der Waals surface area contributed by atoms with Crippen LogP contribution in [0.3, 0.4) is 0 Å². The van der Waals surface area contributed by atoms with Crippen molar-refractivity contribution in [3.63, 3.8) is 0 Å². The van der Waals surface area contributed by atoms with E-state index in [1.165, 1.54) is 6.21 Å². The first-order chi connectivity index (χ1) is 12.8. The number of benzene rings is 2. The zero-order valence-electron chi connectivity index (χ0n) is 16.3. The molecule has 5 heteroatoms. The van der Waals surface area contributed by atoms with Gasteiger partial charge in [0.05, 0.1) is 23.4 Å². The summed E-state index contributed by atoms with van der Waals surface area (Å²) in [5.41, 5.74) is 4.04. The summed E-state index contributed by atoms with van der Waals surface area (Å²) in [6.07, 6.45) is 3.76. The average Bonchev–Trinajstić information content (AvgIpc) is 2.60.